The number of rotatable bonds is 3. The van der Waals surface area contributed by atoms with E-state index in [1.165, 1.54) is 6.07 Å². The third-order valence-corrected chi connectivity index (χ3v) is 5.52. The Balaban J connectivity index is 2.39. The first-order valence-electron chi connectivity index (χ1n) is 5.34. The molecule has 0 unspecified atom stereocenters. The van der Waals surface area contributed by atoms with Crippen LogP contribution in [0.3, 0.4) is 0 Å². The number of hydrogen-bond acceptors (Lipinski definition) is 3. The molecular formula is C12H11Cl2NO2S2. The summed E-state index contributed by atoms with van der Waals surface area (Å²) in [7, 11) is -3.71. The number of benzene rings is 1. The predicted molar refractivity (Wildman–Crippen MR) is 81.1 cm³/mol. The topological polar surface area (TPSA) is 46.2 Å². The fourth-order valence-electron chi connectivity index (χ4n) is 1.75. The molecule has 1 aromatic carbocycles. The maximum absolute atomic E-state index is 12.2. The van der Waals surface area contributed by atoms with Crippen LogP contribution in [0, 0.1) is 13.8 Å². The largest absolute Gasteiger partial charge is 0.280 e. The van der Waals surface area contributed by atoms with Gasteiger partial charge in [-0.05, 0) is 43.2 Å². The van der Waals surface area contributed by atoms with Crippen LogP contribution < -0.4 is 4.72 Å². The summed E-state index contributed by atoms with van der Waals surface area (Å²) >= 11 is 12.7. The Morgan fingerprint density at radius 2 is 1.63 bits per heavy atom. The fraction of sp³-hybridized carbons (Fsp3) is 0.167. The summed E-state index contributed by atoms with van der Waals surface area (Å²) in [6.07, 6.45) is 0. The van der Waals surface area contributed by atoms with E-state index < -0.39 is 10.0 Å². The molecule has 2 aromatic rings. The minimum absolute atomic E-state index is 0.00308. The van der Waals surface area contributed by atoms with Gasteiger partial charge in [0, 0.05) is 5.69 Å². The summed E-state index contributed by atoms with van der Waals surface area (Å²) in [4.78, 5) is 0.00308. The molecule has 0 radical (unpaired) electrons. The van der Waals surface area contributed by atoms with Gasteiger partial charge in [0.15, 0.2) is 0 Å². The van der Waals surface area contributed by atoms with Gasteiger partial charge in [-0.25, -0.2) is 8.42 Å². The van der Waals surface area contributed by atoms with E-state index in [0.29, 0.717) is 10.0 Å². The molecule has 0 atom stereocenters. The van der Waals surface area contributed by atoms with Crippen molar-refractivity contribution in [2.24, 2.45) is 0 Å². The number of anilines is 1. The monoisotopic (exact) mass is 335 g/mol. The van der Waals surface area contributed by atoms with E-state index in [0.717, 1.165) is 22.5 Å². The zero-order chi connectivity index (χ0) is 14.2. The van der Waals surface area contributed by atoms with E-state index in [1.807, 2.05) is 19.9 Å². The van der Waals surface area contributed by atoms with Gasteiger partial charge in [0.1, 0.15) is 9.23 Å². The lowest BCUT2D eigenvalue weighted by atomic mass is 10.1. The molecule has 1 aromatic heterocycles. The normalized spacial score (nSPS) is 11.6. The predicted octanol–water partition coefficient (Wildman–Crippen LogP) is 4.47. The van der Waals surface area contributed by atoms with Crippen molar-refractivity contribution in [3.63, 3.8) is 0 Å². The lowest BCUT2D eigenvalue weighted by Gasteiger charge is -2.09. The molecule has 0 aliphatic heterocycles. The minimum Gasteiger partial charge on any atom is -0.280 e. The number of thiophene rings is 1. The Hall–Kier alpha value is -0.750. The van der Waals surface area contributed by atoms with Crippen molar-refractivity contribution in [3.8, 4) is 0 Å². The van der Waals surface area contributed by atoms with Crippen LogP contribution in [-0.4, -0.2) is 8.42 Å². The molecule has 0 amide bonds. The molecule has 3 nitrogen and oxygen atoms in total. The van der Waals surface area contributed by atoms with Crippen molar-refractivity contribution in [2.75, 3.05) is 4.72 Å². The van der Waals surface area contributed by atoms with E-state index in [4.69, 9.17) is 23.2 Å². The number of aryl methyl sites for hydroxylation is 2. The van der Waals surface area contributed by atoms with Gasteiger partial charge in [0.2, 0.25) is 0 Å². The van der Waals surface area contributed by atoms with E-state index in [-0.39, 0.29) is 9.23 Å². The summed E-state index contributed by atoms with van der Waals surface area (Å²) < 4.78 is 27.4. The second-order valence-electron chi connectivity index (χ2n) is 4.17. The van der Waals surface area contributed by atoms with Gasteiger partial charge in [-0.3, -0.25) is 4.72 Å². The maximum atomic E-state index is 12.2. The van der Waals surface area contributed by atoms with Gasteiger partial charge in [-0.15, -0.1) is 11.3 Å². The van der Waals surface area contributed by atoms with E-state index >= 15 is 0 Å². The van der Waals surface area contributed by atoms with Crippen LogP contribution in [0.4, 0.5) is 5.69 Å². The summed E-state index contributed by atoms with van der Waals surface area (Å²) in [5.74, 6) is 0. The highest BCUT2D eigenvalue weighted by atomic mass is 35.5. The lowest BCUT2D eigenvalue weighted by molar-refractivity contribution is 0.601. The molecule has 0 saturated heterocycles. The molecule has 2 rings (SSSR count). The standard InChI is InChI=1S/C12H11Cl2NO2S2/c1-7-3-8(2)5-9(4-7)15-19(16,17)10-6-11(13)18-12(10)14/h3-6,15H,1-2H3. The van der Waals surface area contributed by atoms with Crippen LogP contribution in [0.25, 0.3) is 0 Å². The highest BCUT2D eigenvalue weighted by Crippen LogP contribution is 2.35. The first kappa shape index (κ1) is 14.7. The van der Waals surface area contributed by atoms with Crippen LogP contribution >= 0.6 is 34.5 Å². The van der Waals surface area contributed by atoms with Crippen molar-refractivity contribution in [3.05, 3.63) is 44.1 Å². The molecule has 19 heavy (non-hydrogen) atoms. The number of halogens is 2. The number of nitrogens with one attached hydrogen (secondary N) is 1. The molecule has 0 aliphatic rings. The Kier molecular flexibility index (Phi) is 4.11. The van der Waals surface area contributed by atoms with Crippen molar-refractivity contribution >= 4 is 50.2 Å². The van der Waals surface area contributed by atoms with E-state index in [1.54, 1.807) is 12.1 Å². The number of hydrogen-bond donors (Lipinski definition) is 1. The smallest absolute Gasteiger partial charge is 0.264 e. The van der Waals surface area contributed by atoms with Gasteiger partial charge in [-0.1, -0.05) is 29.3 Å². The van der Waals surface area contributed by atoms with Crippen molar-refractivity contribution in [1.29, 1.82) is 0 Å². The third kappa shape index (κ3) is 3.42. The highest BCUT2D eigenvalue weighted by molar-refractivity contribution is 7.93. The second kappa shape index (κ2) is 5.32. The average Bonchev–Trinajstić information content (AvgIpc) is 2.56. The fourth-order valence-corrected chi connectivity index (χ4v) is 4.94. The second-order valence-corrected chi connectivity index (χ2v) is 8.11. The summed E-state index contributed by atoms with van der Waals surface area (Å²) in [5, 5.41) is 0. The summed E-state index contributed by atoms with van der Waals surface area (Å²) in [6.45, 7) is 3.80. The first-order chi connectivity index (χ1) is 8.78. The van der Waals surface area contributed by atoms with Gasteiger partial charge in [0.25, 0.3) is 10.0 Å². The summed E-state index contributed by atoms with van der Waals surface area (Å²) in [5.41, 5.74) is 2.47. The van der Waals surface area contributed by atoms with Crippen molar-refractivity contribution in [2.45, 2.75) is 18.7 Å². The van der Waals surface area contributed by atoms with Crippen LogP contribution in [-0.2, 0) is 10.0 Å². The van der Waals surface area contributed by atoms with Crippen LogP contribution in [0.15, 0.2) is 29.2 Å². The molecule has 0 bridgehead atoms. The summed E-state index contributed by atoms with van der Waals surface area (Å²) in [6, 6.07) is 6.82. The molecule has 0 spiro atoms. The van der Waals surface area contributed by atoms with Crippen molar-refractivity contribution < 1.29 is 8.42 Å². The molecule has 1 N–H and O–H groups in total. The molecule has 0 aliphatic carbocycles. The van der Waals surface area contributed by atoms with Gasteiger partial charge < -0.3 is 0 Å². The average molecular weight is 336 g/mol. The Labute approximate surface area is 126 Å². The van der Waals surface area contributed by atoms with Crippen LogP contribution in [0.5, 0.6) is 0 Å². The molecule has 1 heterocycles. The lowest BCUT2D eigenvalue weighted by Crippen LogP contribution is -2.12. The van der Waals surface area contributed by atoms with Gasteiger partial charge in [-0.2, -0.15) is 0 Å². The molecular weight excluding hydrogens is 325 g/mol. The van der Waals surface area contributed by atoms with Crippen LogP contribution in [0.2, 0.25) is 8.67 Å². The Bertz CT molecular complexity index is 703. The zero-order valence-electron chi connectivity index (χ0n) is 10.2. The first-order valence-corrected chi connectivity index (χ1v) is 8.39. The third-order valence-electron chi connectivity index (χ3n) is 2.39. The van der Waals surface area contributed by atoms with E-state index in [9.17, 15) is 8.42 Å². The van der Waals surface area contributed by atoms with E-state index in [2.05, 4.69) is 4.72 Å². The Morgan fingerprint density at radius 3 is 2.11 bits per heavy atom. The quantitative estimate of drug-likeness (QED) is 0.899. The SMILES string of the molecule is Cc1cc(C)cc(NS(=O)(=O)c2cc(Cl)sc2Cl)c1. The minimum atomic E-state index is -3.71. The van der Waals surface area contributed by atoms with Gasteiger partial charge in [0.05, 0.1) is 4.34 Å². The molecule has 0 fully saturated rings. The Morgan fingerprint density at radius 1 is 1.05 bits per heavy atom. The number of sulfonamides is 1. The molecule has 0 saturated carbocycles. The zero-order valence-corrected chi connectivity index (χ0v) is 13.3. The highest BCUT2D eigenvalue weighted by Gasteiger charge is 2.21. The molecule has 102 valence electrons. The maximum Gasteiger partial charge on any atom is 0.264 e. The molecule has 7 heteroatoms. The van der Waals surface area contributed by atoms with Gasteiger partial charge >= 0.3 is 0 Å². The van der Waals surface area contributed by atoms with Crippen molar-refractivity contribution in [1.82, 2.24) is 0 Å². The van der Waals surface area contributed by atoms with Crippen LogP contribution in [0.1, 0.15) is 11.1 Å².